The SMILES string of the molecule is COc1ccc2c(c1)CCN(C(=O)CN(C)C)C21CCC(C(=O)N2CCN(c3ncnc4c3cnn4Cc3cccc(C)n3)CC2)CC1. The highest BCUT2D eigenvalue weighted by molar-refractivity contribution is 5.87. The lowest BCUT2D eigenvalue weighted by Gasteiger charge is -2.52. The number of aromatic nitrogens is 5. The Morgan fingerprint density at radius 2 is 1.81 bits per heavy atom. The van der Waals surface area contributed by atoms with Crippen molar-refractivity contribution in [1.29, 1.82) is 0 Å². The zero-order valence-corrected chi connectivity index (χ0v) is 28.4. The van der Waals surface area contributed by atoms with Crippen LogP contribution in [0.2, 0.25) is 0 Å². The molecule has 0 radical (unpaired) electrons. The molecule has 0 unspecified atom stereocenters. The number of hydrogen-bond acceptors (Lipinski definition) is 9. The first kappa shape index (κ1) is 32.0. The lowest BCUT2D eigenvalue weighted by molar-refractivity contribution is -0.144. The molecule has 7 rings (SSSR count). The molecule has 48 heavy (non-hydrogen) atoms. The van der Waals surface area contributed by atoms with Crippen molar-refractivity contribution >= 4 is 28.7 Å². The fraction of sp³-hybridized carbons (Fsp3) is 0.500. The van der Waals surface area contributed by atoms with Gasteiger partial charge < -0.3 is 24.3 Å². The first-order chi connectivity index (χ1) is 23.3. The van der Waals surface area contributed by atoms with E-state index in [2.05, 4.69) is 42.0 Å². The van der Waals surface area contributed by atoms with E-state index >= 15 is 0 Å². The maximum atomic E-state index is 13.9. The second-order valence-corrected chi connectivity index (χ2v) is 13.7. The van der Waals surface area contributed by atoms with E-state index in [0.717, 1.165) is 66.1 Å². The molecule has 2 amide bonds. The maximum absolute atomic E-state index is 13.9. The summed E-state index contributed by atoms with van der Waals surface area (Å²) in [6.45, 7) is 6.26. The standard InChI is InChI=1S/C36H45N9O3/c1-25-6-5-7-28(40-25)22-45-34-30(21-39-45)33(37-24-38-34)42-16-18-43(19-17-42)35(47)26-10-13-36(14-11-26)31-9-8-29(48-4)20-27(31)12-15-44(36)32(46)23-41(2)3/h5-9,20-21,24,26H,10-19,22-23H2,1-4H3. The molecule has 3 aromatic heterocycles. The summed E-state index contributed by atoms with van der Waals surface area (Å²) < 4.78 is 7.40. The summed E-state index contributed by atoms with van der Waals surface area (Å²) in [4.78, 5) is 49.6. The van der Waals surface area contributed by atoms with Gasteiger partial charge in [-0.1, -0.05) is 12.1 Å². The number of rotatable bonds is 7. The van der Waals surface area contributed by atoms with Crippen molar-refractivity contribution in [1.82, 2.24) is 39.4 Å². The minimum atomic E-state index is -0.388. The minimum Gasteiger partial charge on any atom is -0.497 e. The average Bonchev–Trinajstić information content (AvgIpc) is 3.50. The summed E-state index contributed by atoms with van der Waals surface area (Å²) in [7, 11) is 5.57. The number of methoxy groups -OCH3 is 1. The first-order valence-electron chi connectivity index (χ1n) is 17.0. The molecule has 2 aliphatic heterocycles. The number of fused-ring (bicyclic) bond motifs is 3. The highest BCUT2D eigenvalue weighted by Crippen LogP contribution is 2.48. The summed E-state index contributed by atoms with van der Waals surface area (Å²) in [6, 6.07) is 12.3. The summed E-state index contributed by atoms with van der Waals surface area (Å²) in [5.74, 6) is 2.03. The van der Waals surface area contributed by atoms with Gasteiger partial charge in [0.25, 0.3) is 0 Å². The van der Waals surface area contributed by atoms with E-state index < -0.39 is 0 Å². The van der Waals surface area contributed by atoms with E-state index in [-0.39, 0.29) is 23.3 Å². The van der Waals surface area contributed by atoms with E-state index in [1.807, 2.05) is 66.0 Å². The van der Waals surface area contributed by atoms with Crippen LogP contribution in [0.25, 0.3) is 11.0 Å². The Bertz CT molecular complexity index is 1810. The fourth-order valence-electron chi connectivity index (χ4n) is 8.04. The number of ether oxygens (including phenoxy) is 1. The molecule has 2 fully saturated rings. The van der Waals surface area contributed by atoms with E-state index in [0.29, 0.717) is 45.8 Å². The number of aryl methyl sites for hydroxylation is 1. The second-order valence-electron chi connectivity index (χ2n) is 13.7. The number of likely N-dealkylation sites (N-methyl/N-ethyl adjacent to an activating group) is 1. The number of hydrogen-bond donors (Lipinski definition) is 0. The number of anilines is 1. The Balaban J connectivity index is 1.02. The summed E-state index contributed by atoms with van der Waals surface area (Å²) in [5, 5.41) is 5.52. The third kappa shape index (κ3) is 5.98. The van der Waals surface area contributed by atoms with Crippen molar-refractivity contribution in [3.63, 3.8) is 0 Å². The van der Waals surface area contributed by atoms with Crippen molar-refractivity contribution in [2.45, 2.75) is 51.1 Å². The molecule has 0 bridgehead atoms. The number of benzene rings is 1. The van der Waals surface area contributed by atoms with Gasteiger partial charge in [0.1, 0.15) is 17.9 Å². The Hall–Kier alpha value is -4.58. The zero-order valence-electron chi connectivity index (χ0n) is 28.4. The minimum absolute atomic E-state index is 0.0455. The third-order valence-corrected chi connectivity index (χ3v) is 10.4. The zero-order chi connectivity index (χ0) is 33.4. The molecule has 1 spiro atoms. The topological polar surface area (TPSA) is 113 Å². The molecule has 4 aromatic rings. The van der Waals surface area contributed by atoms with Crippen LogP contribution in [0.15, 0.2) is 48.9 Å². The van der Waals surface area contributed by atoms with Gasteiger partial charge in [0, 0.05) is 44.3 Å². The van der Waals surface area contributed by atoms with Gasteiger partial charge in [0.15, 0.2) is 5.65 Å². The largest absolute Gasteiger partial charge is 0.497 e. The van der Waals surface area contributed by atoms with Crippen molar-refractivity contribution in [2.24, 2.45) is 5.92 Å². The first-order valence-corrected chi connectivity index (χ1v) is 17.0. The van der Waals surface area contributed by atoms with E-state index in [9.17, 15) is 9.59 Å². The normalized spacial score (nSPS) is 21.2. The molecule has 12 heteroatoms. The number of pyridine rings is 1. The van der Waals surface area contributed by atoms with Crippen molar-refractivity contribution in [2.75, 3.05) is 65.4 Å². The quantitative estimate of drug-likeness (QED) is 0.297. The van der Waals surface area contributed by atoms with Gasteiger partial charge in [-0.15, -0.1) is 0 Å². The van der Waals surface area contributed by atoms with Crippen LogP contribution in [0.5, 0.6) is 5.75 Å². The maximum Gasteiger partial charge on any atom is 0.237 e. The highest BCUT2D eigenvalue weighted by atomic mass is 16.5. The molecule has 1 saturated heterocycles. The van der Waals surface area contributed by atoms with Crippen LogP contribution in [0.3, 0.4) is 0 Å². The van der Waals surface area contributed by atoms with Crippen LogP contribution in [-0.2, 0) is 28.1 Å². The molecule has 5 heterocycles. The van der Waals surface area contributed by atoms with Crippen LogP contribution in [0.1, 0.15) is 48.2 Å². The Kier molecular flexibility index (Phi) is 8.76. The molecule has 0 N–H and O–H groups in total. The van der Waals surface area contributed by atoms with Gasteiger partial charge in [0.2, 0.25) is 11.8 Å². The summed E-state index contributed by atoms with van der Waals surface area (Å²) >= 11 is 0. The van der Waals surface area contributed by atoms with Crippen LogP contribution < -0.4 is 9.64 Å². The predicted molar refractivity (Wildman–Crippen MR) is 183 cm³/mol. The molecule has 252 valence electrons. The van der Waals surface area contributed by atoms with Crippen LogP contribution in [0, 0.1) is 12.8 Å². The Morgan fingerprint density at radius 3 is 2.54 bits per heavy atom. The van der Waals surface area contributed by atoms with Crippen LogP contribution in [-0.4, -0.2) is 112 Å². The highest BCUT2D eigenvalue weighted by Gasteiger charge is 2.48. The van der Waals surface area contributed by atoms with E-state index in [4.69, 9.17) is 4.74 Å². The molecule has 0 atom stereocenters. The lowest BCUT2D eigenvalue weighted by Crippen LogP contribution is -2.57. The smallest absolute Gasteiger partial charge is 0.237 e. The molecular weight excluding hydrogens is 606 g/mol. The Labute approximate surface area is 281 Å². The number of nitrogens with zero attached hydrogens (tertiary/aromatic N) is 9. The van der Waals surface area contributed by atoms with Gasteiger partial charge in [-0.2, -0.15) is 5.10 Å². The third-order valence-electron chi connectivity index (χ3n) is 10.4. The summed E-state index contributed by atoms with van der Waals surface area (Å²) in [6.07, 6.45) is 7.33. The molecule has 3 aliphatic rings. The van der Waals surface area contributed by atoms with E-state index in [1.54, 1.807) is 13.4 Å². The lowest BCUT2D eigenvalue weighted by atomic mass is 9.68. The van der Waals surface area contributed by atoms with Gasteiger partial charge in [-0.05, 0) is 88.5 Å². The molecule has 12 nitrogen and oxygen atoms in total. The summed E-state index contributed by atoms with van der Waals surface area (Å²) in [5.41, 5.74) is 4.76. The molecular formula is C36H45N9O3. The predicted octanol–water partition coefficient (Wildman–Crippen LogP) is 3.27. The van der Waals surface area contributed by atoms with Gasteiger partial charge >= 0.3 is 0 Å². The van der Waals surface area contributed by atoms with Crippen molar-refractivity contribution in [3.8, 4) is 5.75 Å². The number of piperazine rings is 1. The monoisotopic (exact) mass is 651 g/mol. The molecule has 1 saturated carbocycles. The van der Waals surface area contributed by atoms with E-state index in [1.165, 1.54) is 11.1 Å². The van der Waals surface area contributed by atoms with Crippen molar-refractivity contribution in [3.05, 3.63) is 71.4 Å². The Morgan fingerprint density at radius 1 is 1.02 bits per heavy atom. The second kappa shape index (κ2) is 13.1. The fourth-order valence-corrected chi connectivity index (χ4v) is 8.04. The average molecular weight is 652 g/mol. The van der Waals surface area contributed by atoms with Crippen molar-refractivity contribution < 1.29 is 14.3 Å². The van der Waals surface area contributed by atoms with Gasteiger partial charge in [0.05, 0.1) is 43.0 Å². The number of amides is 2. The number of carbonyl (C=O) groups excluding carboxylic acids is 2. The molecule has 1 aliphatic carbocycles. The number of carbonyl (C=O) groups is 2. The van der Waals surface area contributed by atoms with Gasteiger partial charge in [-0.25, -0.2) is 14.6 Å². The van der Waals surface area contributed by atoms with Gasteiger partial charge in [-0.3, -0.25) is 14.6 Å². The molecule has 1 aromatic carbocycles. The van der Waals surface area contributed by atoms with Crippen LogP contribution in [0.4, 0.5) is 5.82 Å². The van der Waals surface area contributed by atoms with Crippen LogP contribution >= 0.6 is 0 Å².